The fraction of sp³-hybridized carbons (Fsp3) is 0.349. The van der Waals surface area contributed by atoms with Crippen LogP contribution < -0.4 is 8.79 Å². The van der Waals surface area contributed by atoms with E-state index in [1.54, 1.807) is 0 Å². The predicted molar refractivity (Wildman–Crippen MR) is 197 cm³/mol. The quantitative estimate of drug-likeness (QED) is 0.147. The van der Waals surface area contributed by atoms with Crippen molar-refractivity contribution in [1.82, 2.24) is 0 Å². The zero-order chi connectivity index (χ0) is 32.6. The zero-order valence-electron chi connectivity index (χ0n) is 28.5. The van der Waals surface area contributed by atoms with Crippen molar-refractivity contribution in [1.29, 1.82) is 0 Å². The number of benzene rings is 4. The van der Waals surface area contributed by atoms with Crippen molar-refractivity contribution in [3.8, 4) is 11.1 Å². The second-order valence-corrected chi connectivity index (χ2v) is 17.3. The van der Waals surface area contributed by atoms with Gasteiger partial charge in [0.05, 0.1) is 0 Å². The number of rotatable bonds is 3. The van der Waals surface area contributed by atoms with Crippen LogP contribution in [0.15, 0.2) is 138 Å². The van der Waals surface area contributed by atoms with E-state index in [1.165, 1.54) is 43.1 Å². The topological polar surface area (TPSA) is 23.8 Å². The van der Waals surface area contributed by atoms with Crippen LogP contribution in [0.1, 0.15) is 66.2 Å². The molecule has 9 rings (SSSR count). The molecule has 4 heteroatoms. The van der Waals surface area contributed by atoms with Crippen LogP contribution >= 0.6 is 0 Å². The van der Waals surface area contributed by atoms with Crippen LogP contribution in [0.25, 0.3) is 16.9 Å². The normalized spacial score (nSPS) is 26.3. The van der Waals surface area contributed by atoms with Gasteiger partial charge < -0.3 is 5.73 Å². The minimum atomic E-state index is -0.925. The third-order valence-corrected chi connectivity index (χ3v) is 13.1. The number of hydrogen-bond acceptors (Lipinski definition) is 0. The van der Waals surface area contributed by atoms with E-state index >= 15 is 0 Å². The maximum Gasteiger partial charge on any atom is -0.0184 e. The number of halogens is 1. The van der Waals surface area contributed by atoms with Crippen molar-refractivity contribution in [2.45, 2.75) is 77.4 Å². The van der Waals surface area contributed by atoms with Crippen LogP contribution in [0.3, 0.4) is 0 Å². The van der Waals surface area contributed by atoms with Gasteiger partial charge in [-0.3, -0.25) is 6.08 Å². The van der Waals surface area contributed by atoms with Gasteiger partial charge in [-0.1, -0.05) is 100 Å². The van der Waals surface area contributed by atoms with Crippen molar-refractivity contribution >= 4 is 24.2 Å². The van der Waals surface area contributed by atoms with Crippen molar-refractivity contribution < 1.29 is 30.6 Å². The molecule has 0 saturated heterocycles. The van der Waals surface area contributed by atoms with Crippen LogP contribution in [0.4, 0.5) is 4.39 Å². The molecule has 0 aliphatic heterocycles. The summed E-state index contributed by atoms with van der Waals surface area (Å²) in [5.74, 6) is 1.66. The Morgan fingerprint density at radius 3 is 1.36 bits per heavy atom. The van der Waals surface area contributed by atoms with E-state index < -0.39 is 21.1 Å². The summed E-state index contributed by atoms with van der Waals surface area (Å²) in [6.07, 6.45) is 8.61. The van der Waals surface area contributed by atoms with Gasteiger partial charge in [-0.2, -0.15) is 11.1 Å². The van der Waals surface area contributed by atoms with Gasteiger partial charge in [-0.25, -0.2) is 9.96 Å². The van der Waals surface area contributed by atoms with Gasteiger partial charge in [-0.05, 0) is 48.6 Å². The average Bonchev–Trinajstić information content (AvgIpc) is 3.27. The van der Waals surface area contributed by atoms with Gasteiger partial charge >= 0.3 is 111 Å². The Labute approximate surface area is 309 Å². The zero-order valence-corrected chi connectivity index (χ0v) is 33.4. The number of hydrogen-bond donors (Lipinski definition) is 0. The molecule has 47 heavy (non-hydrogen) atoms. The van der Waals surface area contributed by atoms with Crippen LogP contribution in [-0.4, -0.2) is 26.6 Å². The summed E-state index contributed by atoms with van der Waals surface area (Å²) >= 11 is -0.392. The fourth-order valence-electron chi connectivity index (χ4n) is 7.86. The van der Waals surface area contributed by atoms with Crippen LogP contribution in [0.2, 0.25) is 0 Å². The van der Waals surface area contributed by atoms with Crippen molar-refractivity contribution in [2.75, 3.05) is 0 Å². The van der Waals surface area contributed by atoms with E-state index in [9.17, 15) is 4.39 Å². The largest absolute Gasteiger partial charge is 0.0622 e. The molecule has 4 bridgehead atoms. The molecule has 3 atom stereocenters. The molecule has 0 aromatic heterocycles. The van der Waals surface area contributed by atoms with E-state index in [0.717, 1.165) is 25.7 Å². The molecule has 1 radical (unpaired) electrons. The Kier molecular flexibility index (Phi) is 13.9. The number of nitrogens with one attached hydrogen (secondary N) is 1. The molecule has 5 aliphatic rings. The van der Waals surface area contributed by atoms with Gasteiger partial charge in [0.25, 0.3) is 0 Å². The molecule has 1 N–H and O–H groups in total. The summed E-state index contributed by atoms with van der Waals surface area (Å²) in [5.41, 5.74) is 13.6. The number of alkyl halides is 1. The molecular formula is C43H49FGeNZr. The molecule has 4 fully saturated rings. The van der Waals surface area contributed by atoms with Crippen LogP contribution in [0.5, 0.6) is 0 Å². The van der Waals surface area contributed by atoms with Crippen molar-refractivity contribution in [3.05, 3.63) is 150 Å². The van der Waals surface area contributed by atoms with E-state index in [1.807, 2.05) is 12.1 Å². The first-order valence-electron chi connectivity index (χ1n) is 16.9. The predicted octanol–water partition coefficient (Wildman–Crippen LogP) is 10.2. The van der Waals surface area contributed by atoms with Crippen molar-refractivity contribution in [3.63, 3.8) is 0 Å². The number of allylic oxidation sites excluding steroid dienone is 4. The molecule has 5 aliphatic carbocycles. The second-order valence-electron chi connectivity index (χ2n) is 13.9. The van der Waals surface area contributed by atoms with Gasteiger partial charge in [0.1, 0.15) is 5.67 Å². The molecule has 0 spiro atoms. The molecule has 3 unspecified atom stereocenters. The maximum atomic E-state index is 14.0. The summed E-state index contributed by atoms with van der Waals surface area (Å²) in [5, 5.41) is 0. The molecule has 4 aromatic carbocycles. The second kappa shape index (κ2) is 17.4. The molecule has 241 valence electrons. The molecule has 0 amide bonds. The molecule has 4 saturated carbocycles. The first-order valence-corrected chi connectivity index (χ1v) is 19.3. The Hall–Kier alpha value is -2.32. The summed E-state index contributed by atoms with van der Waals surface area (Å²) in [6, 6.07) is 42.3. The van der Waals surface area contributed by atoms with Gasteiger partial charge in [0, 0.05) is 0 Å². The Morgan fingerprint density at radius 2 is 1.06 bits per heavy atom. The van der Waals surface area contributed by atoms with Crippen LogP contribution in [-0.2, 0) is 26.2 Å². The first kappa shape index (κ1) is 37.5. The Balaban J connectivity index is 0.000000142. The summed E-state index contributed by atoms with van der Waals surface area (Å²) < 4.78 is 17.1. The third kappa shape index (κ3) is 10.8. The third-order valence-electron chi connectivity index (χ3n) is 10.0. The van der Waals surface area contributed by atoms with E-state index in [2.05, 4.69) is 143 Å². The van der Waals surface area contributed by atoms with Gasteiger partial charge in [0.15, 0.2) is 0 Å². The smallest absolute Gasteiger partial charge is 0.0184 e. The van der Waals surface area contributed by atoms with E-state index in [0.29, 0.717) is 24.2 Å². The molecule has 4 aromatic rings. The molecule has 0 heterocycles. The molecule has 1 nitrogen and oxygen atoms in total. The van der Waals surface area contributed by atoms with E-state index in [4.69, 9.17) is 5.73 Å². The standard InChI is InChI=1S/C12H11Ge.C12H10.C10H15FN.C9H13.Zr/c1-3-7-11(8-4-1)13-12-9-5-2-6-10-12;1-3-7-11(8-4-1)12-9-5-2-6-10-12;11-9-2-7-1-8(3-9)5-10(12,4-7)6-9;1-6-5-7(2)9(4)8(6)3;/h1-10,13H;1-10H;7-8,12H,1-6H2;6H,1-4H3;/q;;2*-1;+2. The van der Waals surface area contributed by atoms with E-state index in [-0.39, 0.29) is 31.7 Å². The first-order chi connectivity index (χ1) is 22.1. The van der Waals surface area contributed by atoms with Crippen LogP contribution in [0, 0.1) is 23.8 Å². The minimum absolute atomic E-state index is 0. The van der Waals surface area contributed by atoms with Gasteiger partial charge in [0.2, 0.25) is 0 Å². The summed E-state index contributed by atoms with van der Waals surface area (Å²) in [7, 11) is 0. The maximum absolute atomic E-state index is 14.0. The Morgan fingerprint density at radius 1 is 0.660 bits per heavy atom. The Bertz CT molecular complexity index is 1480. The SMILES string of the molecule is CC1=[C-]C(C)C(C)=C1C.[NH-]C12CC3CC(C1)CC(F)(C3)C2.[Zr+2].c1cc[c]([GeH][c]2ccccc2)cc1.c1ccc(-c2ccccc2)cc1. The minimum Gasteiger partial charge on any atom is -0.0622 e. The fourth-order valence-corrected chi connectivity index (χ4v) is 10.4. The monoisotopic (exact) mass is 762 g/mol. The summed E-state index contributed by atoms with van der Waals surface area (Å²) in [4.78, 5) is 0. The van der Waals surface area contributed by atoms with Gasteiger partial charge in [-0.15, -0.1) is 12.5 Å². The molecular weight excluding hydrogens is 713 g/mol. The summed E-state index contributed by atoms with van der Waals surface area (Å²) in [6.45, 7) is 8.67. The average molecular weight is 763 g/mol. The van der Waals surface area contributed by atoms with Crippen molar-refractivity contribution in [2.24, 2.45) is 17.8 Å².